The lowest BCUT2D eigenvalue weighted by Crippen LogP contribution is -2.34. The van der Waals surface area contributed by atoms with Gasteiger partial charge in [-0.15, -0.1) is 0 Å². The normalized spacial score (nSPS) is 11.6. The van der Waals surface area contributed by atoms with Crippen molar-refractivity contribution >= 4 is 0 Å². The van der Waals surface area contributed by atoms with E-state index in [2.05, 4.69) is 5.32 Å². The Morgan fingerprint density at radius 3 is 2.69 bits per heavy atom. The van der Waals surface area contributed by atoms with E-state index in [1.807, 2.05) is 0 Å². The number of halogens is 1. The van der Waals surface area contributed by atoms with Crippen molar-refractivity contribution in [2.75, 3.05) is 13.7 Å². The summed E-state index contributed by atoms with van der Waals surface area (Å²) in [5, 5.41) is 12.5. The minimum atomic E-state index is -0.796. The molecular weight excluding hydrogens is 209 g/mol. The standard InChI is InChI=1S/C12H18FNO2/c1-12(2,15)8-14-7-9-5-4-6-10(16-3)11(9)13/h4-6,14-15H,7-8H2,1-3H3. The van der Waals surface area contributed by atoms with E-state index in [1.165, 1.54) is 7.11 Å². The zero-order valence-corrected chi connectivity index (χ0v) is 9.88. The number of hydrogen-bond acceptors (Lipinski definition) is 3. The first-order valence-corrected chi connectivity index (χ1v) is 5.18. The zero-order valence-electron chi connectivity index (χ0n) is 9.88. The van der Waals surface area contributed by atoms with Crippen molar-refractivity contribution in [2.45, 2.75) is 26.0 Å². The SMILES string of the molecule is COc1cccc(CNCC(C)(C)O)c1F. The maximum atomic E-state index is 13.7. The molecule has 4 heteroatoms. The Bertz CT molecular complexity index is 347. The second-order valence-electron chi connectivity index (χ2n) is 4.35. The molecule has 0 aromatic heterocycles. The first kappa shape index (κ1) is 12.9. The van der Waals surface area contributed by atoms with Crippen LogP contribution in [0.2, 0.25) is 0 Å². The van der Waals surface area contributed by atoms with E-state index in [0.29, 0.717) is 18.7 Å². The Hall–Kier alpha value is -1.13. The van der Waals surface area contributed by atoms with E-state index in [0.717, 1.165) is 0 Å². The molecular formula is C12H18FNO2. The van der Waals surface area contributed by atoms with Crippen LogP contribution in [0.4, 0.5) is 4.39 Å². The molecule has 0 saturated carbocycles. The number of hydrogen-bond donors (Lipinski definition) is 2. The number of nitrogens with one attached hydrogen (secondary N) is 1. The Morgan fingerprint density at radius 1 is 1.44 bits per heavy atom. The lowest BCUT2D eigenvalue weighted by atomic mass is 10.1. The van der Waals surface area contributed by atoms with E-state index < -0.39 is 5.60 Å². The van der Waals surface area contributed by atoms with E-state index in [-0.39, 0.29) is 11.6 Å². The molecule has 1 aromatic carbocycles. The fourth-order valence-electron chi connectivity index (χ4n) is 1.35. The van der Waals surface area contributed by atoms with Crippen molar-refractivity contribution in [1.29, 1.82) is 0 Å². The van der Waals surface area contributed by atoms with Crippen LogP contribution in [0.3, 0.4) is 0 Å². The minimum Gasteiger partial charge on any atom is -0.494 e. The molecule has 0 aliphatic carbocycles. The largest absolute Gasteiger partial charge is 0.494 e. The summed E-state index contributed by atoms with van der Waals surface area (Å²) in [5.74, 6) is -0.115. The predicted octanol–water partition coefficient (Wildman–Crippen LogP) is 1.69. The monoisotopic (exact) mass is 227 g/mol. The van der Waals surface area contributed by atoms with Crippen molar-refractivity contribution in [1.82, 2.24) is 5.32 Å². The molecule has 0 aliphatic heterocycles. The summed E-state index contributed by atoms with van der Waals surface area (Å²) < 4.78 is 18.5. The van der Waals surface area contributed by atoms with E-state index in [4.69, 9.17) is 4.74 Å². The fourth-order valence-corrected chi connectivity index (χ4v) is 1.35. The van der Waals surface area contributed by atoms with Crippen molar-refractivity contribution in [2.24, 2.45) is 0 Å². The summed E-state index contributed by atoms with van der Waals surface area (Å²) in [7, 11) is 1.44. The molecule has 0 bridgehead atoms. The molecule has 2 N–H and O–H groups in total. The topological polar surface area (TPSA) is 41.5 Å². The zero-order chi connectivity index (χ0) is 12.2. The summed E-state index contributed by atoms with van der Waals surface area (Å²) in [6.07, 6.45) is 0. The molecule has 0 atom stereocenters. The van der Waals surface area contributed by atoms with Crippen LogP contribution in [0.15, 0.2) is 18.2 Å². The van der Waals surface area contributed by atoms with E-state index >= 15 is 0 Å². The summed E-state index contributed by atoms with van der Waals surface area (Å²) in [4.78, 5) is 0. The number of ether oxygens (including phenoxy) is 1. The van der Waals surface area contributed by atoms with E-state index in [9.17, 15) is 9.50 Å². The van der Waals surface area contributed by atoms with Crippen molar-refractivity contribution in [3.8, 4) is 5.75 Å². The maximum absolute atomic E-state index is 13.7. The number of aliphatic hydroxyl groups is 1. The molecule has 90 valence electrons. The van der Waals surface area contributed by atoms with Crippen LogP contribution in [-0.4, -0.2) is 24.4 Å². The summed E-state index contributed by atoms with van der Waals surface area (Å²) in [6, 6.07) is 5.01. The first-order valence-electron chi connectivity index (χ1n) is 5.18. The number of methoxy groups -OCH3 is 1. The van der Waals surface area contributed by atoms with Crippen LogP contribution in [0.5, 0.6) is 5.75 Å². The van der Waals surface area contributed by atoms with E-state index in [1.54, 1.807) is 32.0 Å². The smallest absolute Gasteiger partial charge is 0.169 e. The highest BCUT2D eigenvalue weighted by Crippen LogP contribution is 2.19. The van der Waals surface area contributed by atoms with Gasteiger partial charge in [0, 0.05) is 18.7 Å². The highest BCUT2D eigenvalue weighted by Gasteiger charge is 2.13. The summed E-state index contributed by atoms with van der Waals surface area (Å²) >= 11 is 0. The summed E-state index contributed by atoms with van der Waals surface area (Å²) in [6.45, 7) is 4.17. The highest BCUT2D eigenvalue weighted by atomic mass is 19.1. The van der Waals surface area contributed by atoms with Gasteiger partial charge in [0.05, 0.1) is 12.7 Å². The minimum absolute atomic E-state index is 0.238. The third-order valence-electron chi connectivity index (χ3n) is 2.14. The Morgan fingerprint density at radius 2 is 2.12 bits per heavy atom. The first-order chi connectivity index (χ1) is 7.44. The lowest BCUT2D eigenvalue weighted by molar-refractivity contribution is 0.0794. The van der Waals surface area contributed by atoms with Gasteiger partial charge < -0.3 is 15.2 Å². The van der Waals surface area contributed by atoms with Gasteiger partial charge in [-0.3, -0.25) is 0 Å². The van der Waals surface area contributed by atoms with Gasteiger partial charge in [-0.25, -0.2) is 4.39 Å². The summed E-state index contributed by atoms with van der Waals surface area (Å²) in [5.41, 5.74) is -0.265. The highest BCUT2D eigenvalue weighted by molar-refractivity contribution is 5.30. The van der Waals surface area contributed by atoms with Gasteiger partial charge in [0.15, 0.2) is 11.6 Å². The lowest BCUT2D eigenvalue weighted by Gasteiger charge is -2.18. The van der Waals surface area contributed by atoms with Gasteiger partial charge in [0.2, 0.25) is 0 Å². The molecule has 0 radical (unpaired) electrons. The van der Waals surface area contributed by atoms with Crippen molar-refractivity contribution < 1.29 is 14.2 Å². The van der Waals surface area contributed by atoms with Gasteiger partial charge in [-0.05, 0) is 19.9 Å². The van der Waals surface area contributed by atoms with Gasteiger partial charge in [0.1, 0.15) is 0 Å². The van der Waals surface area contributed by atoms with Crippen LogP contribution < -0.4 is 10.1 Å². The molecule has 0 unspecified atom stereocenters. The second kappa shape index (κ2) is 5.27. The molecule has 0 fully saturated rings. The second-order valence-corrected chi connectivity index (χ2v) is 4.35. The van der Waals surface area contributed by atoms with Gasteiger partial charge in [0.25, 0.3) is 0 Å². The maximum Gasteiger partial charge on any atom is 0.169 e. The Balaban J connectivity index is 2.61. The molecule has 0 amide bonds. The molecule has 0 aliphatic rings. The Labute approximate surface area is 95.2 Å². The van der Waals surface area contributed by atoms with Crippen LogP contribution in [0.1, 0.15) is 19.4 Å². The average molecular weight is 227 g/mol. The van der Waals surface area contributed by atoms with Gasteiger partial charge in [-0.2, -0.15) is 0 Å². The van der Waals surface area contributed by atoms with Crippen LogP contribution in [0.25, 0.3) is 0 Å². The van der Waals surface area contributed by atoms with Gasteiger partial charge in [-0.1, -0.05) is 12.1 Å². The molecule has 16 heavy (non-hydrogen) atoms. The third-order valence-corrected chi connectivity index (χ3v) is 2.14. The average Bonchev–Trinajstić information content (AvgIpc) is 2.19. The van der Waals surface area contributed by atoms with Gasteiger partial charge >= 0.3 is 0 Å². The van der Waals surface area contributed by atoms with Crippen LogP contribution in [-0.2, 0) is 6.54 Å². The van der Waals surface area contributed by atoms with Crippen molar-refractivity contribution in [3.63, 3.8) is 0 Å². The predicted molar refractivity (Wildman–Crippen MR) is 61.0 cm³/mol. The molecule has 1 rings (SSSR count). The molecule has 0 saturated heterocycles. The number of rotatable bonds is 5. The molecule has 3 nitrogen and oxygen atoms in total. The molecule has 0 heterocycles. The molecule has 0 spiro atoms. The fraction of sp³-hybridized carbons (Fsp3) is 0.500. The Kier molecular flexibility index (Phi) is 4.26. The van der Waals surface area contributed by atoms with Crippen molar-refractivity contribution in [3.05, 3.63) is 29.6 Å². The third kappa shape index (κ3) is 3.79. The van der Waals surface area contributed by atoms with Crippen LogP contribution in [0, 0.1) is 5.82 Å². The quantitative estimate of drug-likeness (QED) is 0.804. The number of benzene rings is 1. The van der Waals surface area contributed by atoms with Crippen LogP contribution >= 0.6 is 0 Å². The molecule has 1 aromatic rings.